The number of aliphatic hydroxyl groups excluding tert-OH is 1. The van der Waals surface area contributed by atoms with Crippen molar-refractivity contribution in [1.82, 2.24) is 4.90 Å². The van der Waals surface area contributed by atoms with Gasteiger partial charge in [0.25, 0.3) is 5.91 Å². The fourth-order valence-corrected chi connectivity index (χ4v) is 3.79. The van der Waals surface area contributed by atoms with Crippen LogP contribution in [0, 0.1) is 5.82 Å². The van der Waals surface area contributed by atoms with E-state index in [-0.39, 0.29) is 18.1 Å². The molecule has 0 aromatic heterocycles. The van der Waals surface area contributed by atoms with Crippen molar-refractivity contribution >= 4 is 23.1 Å². The van der Waals surface area contributed by atoms with Gasteiger partial charge in [-0.05, 0) is 53.1 Å². The number of rotatable bonds is 5. The number of hydrogen-bond donors (Lipinski definition) is 1. The highest BCUT2D eigenvalue weighted by Gasteiger charge is 2.41. The Balaban J connectivity index is 1.77. The SMILES string of the molecule is COc1ccc(CN2C(=O)C(O)=C(c3ccc(Cl)cc3)C2c2ccc(F)cc2)cc1. The molecule has 4 nitrogen and oxygen atoms in total. The highest BCUT2D eigenvalue weighted by Crippen LogP contribution is 2.44. The number of nitrogens with zero attached hydrogens (tertiary/aromatic N) is 1. The van der Waals surface area contributed by atoms with Crippen molar-refractivity contribution in [3.8, 4) is 5.75 Å². The highest BCUT2D eigenvalue weighted by molar-refractivity contribution is 6.30. The summed E-state index contributed by atoms with van der Waals surface area (Å²) in [6, 6.07) is 19.7. The van der Waals surface area contributed by atoms with Crippen LogP contribution < -0.4 is 4.74 Å². The normalized spacial score (nSPS) is 16.3. The lowest BCUT2D eigenvalue weighted by atomic mass is 9.93. The maximum Gasteiger partial charge on any atom is 0.290 e. The minimum Gasteiger partial charge on any atom is -0.503 e. The summed E-state index contributed by atoms with van der Waals surface area (Å²) in [6.45, 7) is 0.270. The summed E-state index contributed by atoms with van der Waals surface area (Å²) in [7, 11) is 1.59. The number of ether oxygens (including phenoxy) is 1. The lowest BCUT2D eigenvalue weighted by Gasteiger charge is -2.27. The molecule has 0 bridgehead atoms. The van der Waals surface area contributed by atoms with E-state index in [1.165, 1.54) is 12.1 Å². The molecule has 1 N–H and O–H groups in total. The molecule has 0 radical (unpaired) electrons. The van der Waals surface area contributed by atoms with Crippen LogP contribution >= 0.6 is 11.6 Å². The number of methoxy groups -OCH3 is 1. The van der Waals surface area contributed by atoms with Crippen molar-refractivity contribution in [3.63, 3.8) is 0 Å². The fraction of sp³-hybridized carbons (Fsp3) is 0.125. The number of halogens is 2. The second-order valence-electron chi connectivity index (χ2n) is 7.00. The van der Waals surface area contributed by atoms with Crippen LogP contribution in [-0.4, -0.2) is 23.0 Å². The van der Waals surface area contributed by atoms with Gasteiger partial charge in [0.2, 0.25) is 0 Å². The molecule has 1 aliphatic rings. The van der Waals surface area contributed by atoms with Crippen molar-refractivity contribution in [2.45, 2.75) is 12.6 Å². The van der Waals surface area contributed by atoms with Crippen LogP contribution in [0.3, 0.4) is 0 Å². The summed E-state index contributed by atoms with van der Waals surface area (Å²) in [5.41, 5.74) is 2.72. The number of benzene rings is 3. The summed E-state index contributed by atoms with van der Waals surface area (Å²) in [6.07, 6.45) is 0. The van der Waals surface area contributed by atoms with Crippen LogP contribution in [0.15, 0.2) is 78.6 Å². The first-order valence-electron chi connectivity index (χ1n) is 9.36. The van der Waals surface area contributed by atoms with Gasteiger partial charge in [0.05, 0.1) is 13.2 Å². The predicted molar refractivity (Wildman–Crippen MR) is 114 cm³/mol. The third kappa shape index (κ3) is 3.76. The van der Waals surface area contributed by atoms with Crippen LogP contribution in [0.5, 0.6) is 5.75 Å². The molecule has 0 fully saturated rings. The van der Waals surface area contributed by atoms with Crippen molar-refractivity contribution in [1.29, 1.82) is 0 Å². The minimum absolute atomic E-state index is 0.270. The van der Waals surface area contributed by atoms with Gasteiger partial charge in [-0.25, -0.2) is 4.39 Å². The quantitative estimate of drug-likeness (QED) is 0.586. The van der Waals surface area contributed by atoms with Gasteiger partial charge in [-0.1, -0.05) is 48.0 Å². The van der Waals surface area contributed by atoms with Gasteiger partial charge in [0.15, 0.2) is 5.76 Å². The molecule has 3 aromatic carbocycles. The van der Waals surface area contributed by atoms with Crippen LogP contribution in [0.4, 0.5) is 4.39 Å². The third-order valence-corrected chi connectivity index (χ3v) is 5.41. The molecule has 1 aliphatic heterocycles. The number of aliphatic hydroxyl groups is 1. The van der Waals surface area contributed by atoms with Gasteiger partial charge < -0.3 is 14.7 Å². The zero-order valence-electron chi connectivity index (χ0n) is 16.2. The molecular formula is C24H19ClFNO3. The predicted octanol–water partition coefficient (Wildman–Crippen LogP) is 5.54. The monoisotopic (exact) mass is 423 g/mol. The molecule has 1 heterocycles. The smallest absolute Gasteiger partial charge is 0.290 e. The zero-order chi connectivity index (χ0) is 21.3. The molecule has 1 amide bonds. The first kappa shape index (κ1) is 20.0. The zero-order valence-corrected chi connectivity index (χ0v) is 16.9. The van der Waals surface area contributed by atoms with E-state index in [4.69, 9.17) is 16.3 Å². The van der Waals surface area contributed by atoms with E-state index in [0.717, 1.165) is 5.56 Å². The molecule has 152 valence electrons. The first-order chi connectivity index (χ1) is 14.5. The largest absolute Gasteiger partial charge is 0.503 e. The Bertz CT molecular complexity index is 1090. The molecule has 0 saturated heterocycles. The summed E-state index contributed by atoms with van der Waals surface area (Å²) in [5, 5.41) is 11.3. The Morgan fingerprint density at radius 1 is 1.00 bits per heavy atom. The van der Waals surface area contributed by atoms with E-state index in [1.807, 2.05) is 24.3 Å². The molecule has 3 aromatic rings. The third-order valence-electron chi connectivity index (χ3n) is 5.16. The van der Waals surface area contributed by atoms with E-state index >= 15 is 0 Å². The maximum atomic E-state index is 13.5. The van der Waals surface area contributed by atoms with Crippen LogP contribution in [0.25, 0.3) is 5.57 Å². The van der Waals surface area contributed by atoms with E-state index in [9.17, 15) is 14.3 Å². The van der Waals surface area contributed by atoms with Gasteiger partial charge in [-0.2, -0.15) is 0 Å². The lowest BCUT2D eigenvalue weighted by Crippen LogP contribution is -2.29. The van der Waals surface area contributed by atoms with E-state index < -0.39 is 11.9 Å². The molecule has 1 atom stereocenters. The number of amides is 1. The van der Waals surface area contributed by atoms with Gasteiger partial charge in [0.1, 0.15) is 11.6 Å². The van der Waals surface area contributed by atoms with Crippen molar-refractivity contribution in [3.05, 3.63) is 106 Å². The molecule has 30 heavy (non-hydrogen) atoms. The molecule has 1 unspecified atom stereocenters. The van der Waals surface area contributed by atoms with Crippen LogP contribution in [0.1, 0.15) is 22.7 Å². The van der Waals surface area contributed by atoms with Crippen molar-refractivity contribution in [2.75, 3.05) is 7.11 Å². The molecule has 6 heteroatoms. The molecule has 0 spiro atoms. The first-order valence-corrected chi connectivity index (χ1v) is 9.74. The van der Waals surface area contributed by atoms with Crippen LogP contribution in [0.2, 0.25) is 5.02 Å². The van der Waals surface area contributed by atoms with Crippen LogP contribution in [-0.2, 0) is 11.3 Å². The molecular weight excluding hydrogens is 405 g/mol. The summed E-state index contributed by atoms with van der Waals surface area (Å²) in [5.74, 6) is -0.458. The average Bonchev–Trinajstić information content (AvgIpc) is 3.00. The van der Waals surface area contributed by atoms with Gasteiger partial charge >= 0.3 is 0 Å². The molecule has 4 rings (SSSR count). The molecule has 0 saturated carbocycles. The van der Waals surface area contributed by atoms with Gasteiger partial charge in [-0.15, -0.1) is 0 Å². The minimum atomic E-state index is -0.568. The summed E-state index contributed by atoms with van der Waals surface area (Å²) in [4.78, 5) is 14.6. The Morgan fingerprint density at radius 2 is 1.63 bits per heavy atom. The summed E-state index contributed by atoms with van der Waals surface area (Å²) >= 11 is 6.01. The molecule has 0 aliphatic carbocycles. The Kier molecular flexibility index (Phi) is 5.46. The number of carbonyl (C=O) groups excluding carboxylic acids is 1. The highest BCUT2D eigenvalue weighted by atomic mass is 35.5. The van der Waals surface area contributed by atoms with Gasteiger partial charge in [-0.3, -0.25) is 4.79 Å². The second-order valence-corrected chi connectivity index (χ2v) is 7.44. The topological polar surface area (TPSA) is 49.8 Å². The second kappa shape index (κ2) is 8.20. The lowest BCUT2D eigenvalue weighted by molar-refractivity contribution is -0.130. The average molecular weight is 424 g/mol. The van der Waals surface area contributed by atoms with Crippen molar-refractivity contribution in [2.24, 2.45) is 0 Å². The Hall–Kier alpha value is -3.31. The van der Waals surface area contributed by atoms with Crippen molar-refractivity contribution < 1.29 is 19.0 Å². The Labute approximate surface area is 178 Å². The number of hydrogen-bond acceptors (Lipinski definition) is 3. The fourth-order valence-electron chi connectivity index (χ4n) is 3.66. The van der Waals surface area contributed by atoms with E-state index in [1.54, 1.807) is 48.4 Å². The maximum absolute atomic E-state index is 13.5. The summed E-state index contributed by atoms with van der Waals surface area (Å²) < 4.78 is 18.7. The standard InChI is InChI=1S/C24H19ClFNO3/c1-30-20-12-2-15(3-13-20)14-27-22(17-6-10-19(26)11-7-17)21(23(28)24(27)29)16-4-8-18(25)9-5-16/h2-13,22,28H,14H2,1H3. The van der Waals surface area contributed by atoms with E-state index in [2.05, 4.69) is 0 Å². The number of carbonyl (C=O) groups is 1. The van der Waals surface area contributed by atoms with E-state index in [0.29, 0.717) is 27.5 Å². The Morgan fingerprint density at radius 3 is 2.23 bits per heavy atom. The van der Waals surface area contributed by atoms with Gasteiger partial charge in [0, 0.05) is 17.1 Å².